The Bertz CT molecular complexity index is 557. The van der Waals surface area contributed by atoms with Crippen LogP contribution < -0.4 is 10.2 Å². The highest BCUT2D eigenvalue weighted by Gasteiger charge is 2.15. The van der Waals surface area contributed by atoms with Gasteiger partial charge in [0.05, 0.1) is 17.6 Å². The Hall–Kier alpha value is -2.22. The van der Waals surface area contributed by atoms with Crippen LogP contribution in [0.5, 0.6) is 0 Å². The molecule has 0 saturated carbocycles. The second-order valence-corrected chi connectivity index (χ2v) is 4.69. The zero-order valence-corrected chi connectivity index (χ0v) is 11.8. The van der Waals surface area contributed by atoms with Crippen LogP contribution in [0.4, 0.5) is 5.82 Å². The summed E-state index contributed by atoms with van der Waals surface area (Å²) in [5, 5.41) is 16.7. The molecule has 1 amide bonds. The van der Waals surface area contributed by atoms with E-state index in [1.807, 2.05) is 0 Å². The van der Waals surface area contributed by atoms with Gasteiger partial charge in [-0.15, -0.1) is 10.2 Å². The number of carbonyl (C=O) groups excluding carboxylic acids is 1. The lowest BCUT2D eigenvalue weighted by atomic mass is 10.3. The van der Waals surface area contributed by atoms with Crippen molar-refractivity contribution in [2.75, 3.05) is 18.5 Å². The highest BCUT2D eigenvalue weighted by atomic mass is 35.5. The zero-order valence-electron chi connectivity index (χ0n) is 11.0. The van der Waals surface area contributed by atoms with Gasteiger partial charge in [-0.05, 0) is 19.1 Å². The van der Waals surface area contributed by atoms with Gasteiger partial charge in [-0.1, -0.05) is 16.8 Å². The van der Waals surface area contributed by atoms with Gasteiger partial charge in [0.2, 0.25) is 5.91 Å². The molecule has 0 saturated heterocycles. The maximum Gasteiger partial charge on any atom is 0.240 e. The largest absolute Gasteiger partial charge is 0.350 e. The molecular weight excluding hydrogens is 282 g/mol. The average Bonchev–Trinajstić information content (AvgIpc) is 2.93. The number of carbonyl (C=O) groups is 1. The van der Waals surface area contributed by atoms with Crippen molar-refractivity contribution in [3.8, 4) is 0 Å². The lowest BCUT2D eigenvalue weighted by Gasteiger charge is -2.18. The maximum atomic E-state index is 11.9. The SMILES string of the molecule is CC(NC(=O)CN(C)c1ccc(Cl)cn1)c1nn[nH]n1. The number of tetrazole rings is 1. The summed E-state index contributed by atoms with van der Waals surface area (Å²) in [5.74, 6) is 0.934. The fourth-order valence-corrected chi connectivity index (χ4v) is 1.71. The molecule has 9 heteroatoms. The van der Waals surface area contributed by atoms with Crippen LogP contribution in [0.2, 0.25) is 5.02 Å². The molecule has 20 heavy (non-hydrogen) atoms. The molecule has 0 fully saturated rings. The van der Waals surface area contributed by atoms with Gasteiger partial charge in [0.15, 0.2) is 5.82 Å². The van der Waals surface area contributed by atoms with Crippen molar-refractivity contribution in [1.82, 2.24) is 30.9 Å². The van der Waals surface area contributed by atoms with Crippen LogP contribution in [0.3, 0.4) is 0 Å². The van der Waals surface area contributed by atoms with Gasteiger partial charge >= 0.3 is 0 Å². The zero-order chi connectivity index (χ0) is 14.5. The smallest absolute Gasteiger partial charge is 0.240 e. The summed E-state index contributed by atoms with van der Waals surface area (Å²) in [6.07, 6.45) is 1.53. The summed E-state index contributed by atoms with van der Waals surface area (Å²) in [6, 6.07) is 3.16. The molecule has 0 aliphatic carbocycles. The molecule has 1 unspecified atom stereocenters. The van der Waals surface area contributed by atoms with Gasteiger partial charge in [-0.2, -0.15) is 5.21 Å². The van der Waals surface area contributed by atoms with Crippen molar-refractivity contribution in [1.29, 1.82) is 0 Å². The van der Waals surface area contributed by atoms with E-state index < -0.39 is 0 Å². The first-order chi connectivity index (χ1) is 9.56. The molecule has 0 aliphatic heterocycles. The monoisotopic (exact) mass is 295 g/mol. The van der Waals surface area contributed by atoms with Crippen LogP contribution in [-0.2, 0) is 4.79 Å². The molecule has 2 rings (SSSR count). The Morgan fingerprint density at radius 1 is 1.55 bits per heavy atom. The fourth-order valence-electron chi connectivity index (χ4n) is 1.59. The first-order valence-corrected chi connectivity index (χ1v) is 6.29. The van der Waals surface area contributed by atoms with E-state index in [0.29, 0.717) is 16.7 Å². The number of rotatable bonds is 5. The van der Waals surface area contributed by atoms with Crippen molar-refractivity contribution in [3.63, 3.8) is 0 Å². The molecule has 0 aliphatic rings. The first kappa shape index (κ1) is 14.2. The standard InChI is InChI=1S/C11H14ClN7O/c1-7(11-15-17-18-16-11)14-10(20)6-19(2)9-4-3-8(12)5-13-9/h3-5,7H,6H2,1-2H3,(H,14,20)(H,15,16,17,18). The highest BCUT2D eigenvalue weighted by molar-refractivity contribution is 6.30. The molecular formula is C11H14ClN7O. The topological polar surface area (TPSA) is 99.7 Å². The predicted octanol–water partition coefficient (Wildman–Crippen LogP) is 0.562. The lowest BCUT2D eigenvalue weighted by molar-refractivity contribution is -0.120. The third kappa shape index (κ3) is 3.64. The van der Waals surface area contributed by atoms with E-state index in [1.54, 1.807) is 31.0 Å². The van der Waals surface area contributed by atoms with E-state index in [4.69, 9.17) is 11.6 Å². The van der Waals surface area contributed by atoms with E-state index >= 15 is 0 Å². The minimum absolute atomic E-state index is 0.164. The summed E-state index contributed by atoms with van der Waals surface area (Å²) in [4.78, 5) is 17.8. The molecule has 2 aromatic rings. The Balaban J connectivity index is 1.89. The molecule has 0 aromatic carbocycles. The highest BCUT2D eigenvalue weighted by Crippen LogP contribution is 2.12. The Kier molecular flexibility index (Phi) is 4.46. The number of hydrogen-bond acceptors (Lipinski definition) is 6. The Morgan fingerprint density at radius 3 is 2.95 bits per heavy atom. The van der Waals surface area contributed by atoms with Gasteiger partial charge in [0.1, 0.15) is 5.82 Å². The van der Waals surface area contributed by atoms with E-state index in [-0.39, 0.29) is 18.5 Å². The number of hydrogen-bond donors (Lipinski definition) is 2. The third-order valence-corrected chi connectivity index (χ3v) is 2.83. The number of halogens is 1. The van der Waals surface area contributed by atoms with Gasteiger partial charge in [-0.25, -0.2) is 4.98 Å². The van der Waals surface area contributed by atoms with Crippen molar-refractivity contribution < 1.29 is 4.79 Å². The number of nitrogens with one attached hydrogen (secondary N) is 2. The lowest BCUT2D eigenvalue weighted by Crippen LogP contribution is -2.37. The molecule has 0 radical (unpaired) electrons. The fraction of sp³-hybridized carbons (Fsp3) is 0.364. The summed E-state index contributed by atoms with van der Waals surface area (Å²) in [5.41, 5.74) is 0. The number of anilines is 1. The number of aromatic amines is 1. The minimum Gasteiger partial charge on any atom is -0.350 e. The van der Waals surface area contributed by atoms with Gasteiger partial charge in [0.25, 0.3) is 0 Å². The van der Waals surface area contributed by atoms with Crippen LogP contribution >= 0.6 is 11.6 Å². The van der Waals surface area contributed by atoms with E-state index in [0.717, 1.165) is 0 Å². The normalized spacial score (nSPS) is 11.9. The van der Waals surface area contributed by atoms with Crippen molar-refractivity contribution in [2.45, 2.75) is 13.0 Å². The van der Waals surface area contributed by atoms with Crippen LogP contribution in [-0.4, -0.2) is 45.1 Å². The second kappa shape index (κ2) is 6.29. The van der Waals surface area contributed by atoms with Crippen LogP contribution in [0.1, 0.15) is 18.8 Å². The molecule has 0 spiro atoms. The maximum absolute atomic E-state index is 11.9. The number of pyridine rings is 1. The first-order valence-electron chi connectivity index (χ1n) is 5.91. The van der Waals surface area contributed by atoms with Crippen molar-refractivity contribution in [2.24, 2.45) is 0 Å². The number of H-pyrrole nitrogens is 1. The molecule has 2 heterocycles. The van der Waals surface area contributed by atoms with E-state index in [1.165, 1.54) is 6.20 Å². The second-order valence-electron chi connectivity index (χ2n) is 4.25. The summed E-state index contributed by atoms with van der Waals surface area (Å²) < 4.78 is 0. The molecule has 0 bridgehead atoms. The van der Waals surface area contributed by atoms with E-state index in [2.05, 4.69) is 30.9 Å². The summed E-state index contributed by atoms with van der Waals surface area (Å²) >= 11 is 5.76. The Morgan fingerprint density at radius 2 is 2.35 bits per heavy atom. The molecule has 106 valence electrons. The van der Waals surface area contributed by atoms with Gasteiger partial charge < -0.3 is 10.2 Å². The number of amides is 1. The third-order valence-electron chi connectivity index (χ3n) is 2.61. The average molecular weight is 296 g/mol. The van der Waals surface area contributed by atoms with Crippen LogP contribution in [0.25, 0.3) is 0 Å². The van der Waals surface area contributed by atoms with Crippen molar-refractivity contribution >= 4 is 23.3 Å². The molecule has 2 N–H and O–H groups in total. The quantitative estimate of drug-likeness (QED) is 0.836. The van der Waals surface area contributed by atoms with Crippen LogP contribution in [0, 0.1) is 0 Å². The number of nitrogens with zero attached hydrogens (tertiary/aromatic N) is 5. The molecule has 8 nitrogen and oxygen atoms in total. The predicted molar refractivity (Wildman–Crippen MR) is 73.3 cm³/mol. The summed E-state index contributed by atoms with van der Waals surface area (Å²) in [6.45, 7) is 1.94. The van der Waals surface area contributed by atoms with Crippen molar-refractivity contribution in [3.05, 3.63) is 29.2 Å². The number of aromatic nitrogens is 5. The molecule has 2 aromatic heterocycles. The number of likely N-dealkylation sites (N-methyl/N-ethyl adjacent to an activating group) is 1. The Labute approximate surface area is 120 Å². The van der Waals surface area contributed by atoms with E-state index in [9.17, 15) is 4.79 Å². The van der Waals surface area contributed by atoms with Crippen LogP contribution in [0.15, 0.2) is 18.3 Å². The summed E-state index contributed by atoms with van der Waals surface area (Å²) in [7, 11) is 1.77. The van der Waals surface area contributed by atoms with Gasteiger partial charge in [0, 0.05) is 13.2 Å². The van der Waals surface area contributed by atoms with Gasteiger partial charge in [-0.3, -0.25) is 4.79 Å². The molecule has 1 atom stereocenters. The minimum atomic E-state index is -0.312.